The number of fused-ring (bicyclic) bond motifs is 1. The maximum atomic E-state index is 13.0. The quantitative estimate of drug-likeness (QED) is 0.540. The van der Waals surface area contributed by atoms with E-state index in [2.05, 4.69) is 4.98 Å². The molecular formula is C8H5FN2O2. The predicted octanol–water partition coefficient (Wildman–Crippen LogP) is 2.22. The number of hydrogen-bond acceptors (Lipinski definition) is 2. The fourth-order valence-electron chi connectivity index (χ4n) is 1.26. The second kappa shape index (κ2) is 2.55. The van der Waals surface area contributed by atoms with E-state index in [-0.39, 0.29) is 16.6 Å². The van der Waals surface area contributed by atoms with Gasteiger partial charge in [-0.2, -0.15) is 0 Å². The van der Waals surface area contributed by atoms with Crippen molar-refractivity contribution in [1.82, 2.24) is 4.98 Å². The summed E-state index contributed by atoms with van der Waals surface area (Å²) in [5.74, 6) is -0.457. The number of non-ortho nitro benzene ring substituents is 1. The van der Waals surface area contributed by atoms with E-state index in [1.165, 1.54) is 12.3 Å². The number of halogens is 1. The summed E-state index contributed by atoms with van der Waals surface area (Å²) in [5, 5.41) is 10.7. The summed E-state index contributed by atoms with van der Waals surface area (Å²) < 4.78 is 13.0. The largest absolute Gasteiger partial charge is 0.356 e. The van der Waals surface area contributed by atoms with Gasteiger partial charge < -0.3 is 4.98 Å². The van der Waals surface area contributed by atoms with Crippen molar-refractivity contribution in [2.24, 2.45) is 0 Å². The van der Waals surface area contributed by atoms with Crippen LogP contribution in [0.15, 0.2) is 24.4 Å². The molecule has 0 fully saturated rings. The highest BCUT2D eigenvalue weighted by molar-refractivity contribution is 5.88. The van der Waals surface area contributed by atoms with E-state index in [9.17, 15) is 14.5 Å². The van der Waals surface area contributed by atoms with Crippen LogP contribution >= 0.6 is 0 Å². The summed E-state index contributed by atoms with van der Waals surface area (Å²) in [6.45, 7) is 0. The zero-order chi connectivity index (χ0) is 9.42. The number of aromatic nitrogens is 1. The lowest BCUT2D eigenvalue weighted by Gasteiger charge is -1.94. The van der Waals surface area contributed by atoms with E-state index in [4.69, 9.17) is 0 Å². The van der Waals surface area contributed by atoms with Crippen molar-refractivity contribution in [3.05, 3.63) is 40.3 Å². The molecule has 1 aromatic heterocycles. The number of aromatic amines is 1. The smallest absolute Gasteiger partial charge is 0.293 e. The number of H-pyrrole nitrogens is 1. The van der Waals surface area contributed by atoms with Gasteiger partial charge in [0.05, 0.1) is 4.92 Å². The summed E-state index contributed by atoms with van der Waals surface area (Å²) in [5.41, 5.74) is 0.117. The van der Waals surface area contributed by atoms with Crippen LogP contribution in [0.1, 0.15) is 0 Å². The first-order chi connectivity index (χ1) is 6.20. The summed E-state index contributed by atoms with van der Waals surface area (Å²) in [4.78, 5) is 12.6. The number of nitrogens with zero attached hydrogens (tertiary/aromatic N) is 1. The number of hydrogen-bond donors (Lipinski definition) is 1. The third-order valence-electron chi connectivity index (χ3n) is 1.84. The Morgan fingerprint density at radius 3 is 2.85 bits per heavy atom. The molecule has 1 N–H and O–H groups in total. The van der Waals surface area contributed by atoms with Gasteiger partial charge in [0.15, 0.2) is 0 Å². The second-order valence-corrected chi connectivity index (χ2v) is 2.59. The van der Waals surface area contributed by atoms with Crippen LogP contribution in [0.5, 0.6) is 0 Å². The molecule has 0 atom stereocenters. The van der Waals surface area contributed by atoms with E-state index in [0.29, 0.717) is 0 Å². The Balaban J connectivity index is 2.86. The first-order valence-electron chi connectivity index (χ1n) is 3.60. The van der Waals surface area contributed by atoms with Crippen LogP contribution in [0, 0.1) is 15.9 Å². The van der Waals surface area contributed by atoms with Crippen molar-refractivity contribution in [3.8, 4) is 0 Å². The average Bonchev–Trinajstić information content (AvgIpc) is 2.53. The van der Waals surface area contributed by atoms with Crippen molar-refractivity contribution in [2.75, 3.05) is 0 Å². The molecular weight excluding hydrogens is 175 g/mol. The Bertz CT molecular complexity index is 478. The fraction of sp³-hybridized carbons (Fsp3) is 0. The Hall–Kier alpha value is -1.91. The number of nitro benzene ring substituents is 1. The molecule has 5 heteroatoms. The van der Waals surface area contributed by atoms with Gasteiger partial charge in [-0.3, -0.25) is 10.1 Å². The molecule has 1 aromatic carbocycles. The Morgan fingerprint density at radius 1 is 1.38 bits per heavy atom. The summed E-state index contributed by atoms with van der Waals surface area (Å²) in [6, 6.07) is 3.71. The zero-order valence-electron chi connectivity index (χ0n) is 6.45. The molecule has 0 aliphatic rings. The van der Waals surface area contributed by atoms with Crippen molar-refractivity contribution >= 4 is 16.6 Å². The molecule has 66 valence electrons. The summed E-state index contributed by atoms with van der Waals surface area (Å²) >= 11 is 0. The van der Waals surface area contributed by atoms with Gasteiger partial charge in [0.2, 0.25) is 0 Å². The summed E-state index contributed by atoms with van der Waals surface area (Å²) in [7, 11) is 0. The van der Waals surface area contributed by atoms with Gasteiger partial charge in [-0.25, -0.2) is 4.39 Å². The molecule has 1 heterocycles. The van der Waals surface area contributed by atoms with Crippen molar-refractivity contribution in [2.45, 2.75) is 0 Å². The molecule has 13 heavy (non-hydrogen) atoms. The van der Waals surface area contributed by atoms with Gasteiger partial charge in [-0.05, 0) is 12.1 Å². The molecule has 2 rings (SSSR count). The van der Waals surface area contributed by atoms with Crippen molar-refractivity contribution < 1.29 is 9.31 Å². The molecule has 0 aliphatic heterocycles. The maximum Gasteiger partial charge on any atom is 0.293 e. The highest BCUT2D eigenvalue weighted by atomic mass is 19.1. The fourth-order valence-corrected chi connectivity index (χ4v) is 1.26. The lowest BCUT2D eigenvalue weighted by atomic mass is 10.2. The van der Waals surface area contributed by atoms with Gasteiger partial charge in [-0.1, -0.05) is 0 Å². The number of rotatable bonds is 1. The zero-order valence-corrected chi connectivity index (χ0v) is 6.45. The third kappa shape index (κ3) is 1.05. The minimum atomic E-state index is -0.543. The van der Waals surface area contributed by atoms with Crippen LogP contribution in [0.3, 0.4) is 0 Å². The van der Waals surface area contributed by atoms with Gasteiger partial charge in [0, 0.05) is 17.6 Å². The SMILES string of the molecule is O=[N+]([O-])c1ccc(F)c2cc[nH]c12. The molecule has 4 nitrogen and oxygen atoms in total. The first kappa shape index (κ1) is 7.72. The van der Waals surface area contributed by atoms with Gasteiger partial charge in [0.25, 0.3) is 5.69 Å². The minimum Gasteiger partial charge on any atom is -0.356 e. The van der Waals surface area contributed by atoms with Crippen molar-refractivity contribution in [3.63, 3.8) is 0 Å². The van der Waals surface area contributed by atoms with Crippen LogP contribution in [0.2, 0.25) is 0 Å². The lowest BCUT2D eigenvalue weighted by Crippen LogP contribution is -1.90. The van der Waals surface area contributed by atoms with E-state index < -0.39 is 10.7 Å². The van der Waals surface area contributed by atoms with Gasteiger partial charge in [-0.15, -0.1) is 0 Å². The topological polar surface area (TPSA) is 58.9 Å². The molecule has 0 saturated carbocycles. The van der Waals surface area contributed by atoms with Gasteiger partial charge >= 0.3 is 0 Å². The Labute approximate surface area is 72.1 Å². The number of nitro groups is 1. The second-order valence-electron chi connectivity index (χ2n) is 2.59. The van der Waals surface area contributed by atoms with Crippen LogP contribution in [0.4, 0.5) is 10.1 Å². The molecule has 0 aliphatic carbocycles. The van der Waals surface area contributed by atoms with Crippen LogP contribution in [0.25, 0.3) is 10.9 Å². The maximum absolute atomic E-state index is 13.0. The normalized spacial score (nSPS) is 10.5. The van der Waals surface area contributed by atoms with E-state index >= 15 is 0 Å². The minimum absolute atomic E-state index is 0.110. The van der Waals surface area contributed by atoms with Crippen molar-refractivity contribution in [1.29, 1.82) is 0 Å². The molecule has 0 spiro atoms. The first-order valence-corrected chi connectivity index (χ1v) is 3.60. The van der Waals surface area contributed by atoms with Gasteiger partial charge in [0.1, 0.15) is 11.3 Å². The molecule has 2 aromatic rings. The molecule has 0 saturated heterocycles. The molecule has 0 radical (unpaired) electrons. The molecule has 0 bridgehead atoms. The highest BCUT2D eigenvalue weighted by Crippen LogP contribution is 2.25. The Kier molecular flexibility index (Phi) is 1.51. The van der Waals surface area contributed by atoms with E-state index in [0.717, 1.165) is 12.1 Å². The molecule has 0 amide bonds. The Morgan fingerprint density at radius 2 is 2.15 bits per heavy atom. The standard InChI is InChI=1S/C8H5FN2O2/c9-6-1-2-7(11(12)13)8-5(6)3-4-10-8/h1-4,10H. The van der Waals surface area contributed by atoms with Crippen LogP contribution in [-0.2, 0) is 0 Å². The number of nitrogens with one attached hydrogen (secondary N) is 1. The predicted molar refractivity (Wildman–Crippen MR) is 44.9 cm³/mol. The van der Waals surface area contributed by atoms with E-state index in [1.807, 2.05) is 0 Å². The lowest BCUT2D eigenvalue weighted by molar-refractivity contribution is -0.383. The van der Waals surface area contributed by atoms with Crippen LogP contribution < -0.4 is 0 Å². The summed E-state index contributed by atoms with van der Waals surface area (Å²) in [6.07, 6.45) is 1.47. The highest BCUT2D eigenvalue weighted by Gasteiger charge is 2.14. The van der Waals surface area contributed by atoms with E-state index in [1.54, 1.807) is 0 Å². The number of benzene rings is 1. The monoisotopic (exact) mass is 180 g/mol. The average molecular weight is 180 g/mol. The van der Waals surface area contributed by atoms with Crippen LogP contribution in [-0.4, -0.2) is 9.91 Å². The third-order valence-corrected chi connectivity index (χ3v) is 1.84. The molecule has 0 unspecified atom stereocenters.